The molecule has 0 aliphatic carbocycles. The van der Waals surface area contributed by atoms with Crippen LogP contribution in [0.4, 0.5) is 0 Å². The van der Waals surface area contributed by atoms with Crippen molar-refractivity contribution in [1.82, 2.24) is 0 Å². The van der Waals surface area contributed by atoms with E-state index in [1.807, 2.05) is 31.4 Å². The topological polar surface area (TPSA) is 20.2 Å². The summed E-state index contributed by atoms with van der Waals surface area (Å²) in [6, 6.07) is 5.81. The molecule has 64 valence electrons. The lowest BCUT2D eigenvalue weighted by atomic mass is 10.2. The average Bonchev–Trinajstić information content (AvgIpc) is 2.03. The third-order valence-electron chi connectivity index (χ3n) is 1.59. The summed E-state index contributed by atoms with van der Waals surface area (Å²) in [5.74, 6) is 0. The van der Waals surface area contributed by atoms with Gasteiger partial charge in [0.1, 0.15) is 0 Å². The van der Waals surface area contributed by atoms with Crippen molar-refractivity contribution in [2.45, 2.75) is 11.8 Å². The number of aliphatic hydroxyl groups is 1. The van der Waals surface area contributed by atoms with E-state index in [1.54, 1.807) is 11.8 Å². The van der Waals surface area contributed by atoms with E-state index in [9.17, 15) is 0 Å². The molecule has 0 saturated carbocycles. The zero-order chi connectivity index (χ0) is 9.14. The molecule has 0 radical (unpaired) electrons. The largest absolute Gasteiger partial charge is 0.498 e. The van der Waals surface area contributed by atoms with Gasteiger partial charge in [0.25, 0.3) is 0 Å². The first-order valence-electron chi connectivity index (χ1n) is 3.53. The maximum atomic E-state index is 9.14. The standard InChI is InChI=1S/C9H10OS2/c1-6-3-4-7(9(10)11)8(5-6)12-2/h3-5H,1-2H3,(H,10,11). The summed E-state index contributed by atoms with van der Waals surface area (Å²) in [6.45, 7) is 2.02. The van der Waals surface area contributed by atoms with Gasteiger partial charge in [-0.1, -0.05) is 6.07 Å². The summed E-state index contributed by atoms with van der Waals surface area (Å²) >= 11 is 6.29. The number of aryl methyl sites for hydroxylation is 1. The predicted octanol–water partition coefficient (Wildman–Crippen LogP) is 2.95. The maximum Gasteiger partial charge on any atom is 0.189 e. The Morgan fingerprint density at radius 2 is 2.17 bits per heavy atom. The molecule has 1 nitrogen and oxygen atoms in total. The third kappa shape index (κ3) is 1.99. The Morgan fingerprint density at radius 3 is 2.67 bits per heavy atom. The molecular weight excluding hydrogens is 188 g/mol. The second-order valence-corrected chi connectivity index (χ2v) is 3.74. The molecule has 0 spiro atoms. The fraction of sp³-hybridized carbons (Fsp3) is 0.222. The van der Waals surface area contributed by atoms with Crippen molar-refractivity contribution in [3.63, 3.8) is 0 Å². The van der Waals surface area contributed by atoms with Gasteiger partial charge in [-0.15, -0.1) is 11.8 Å². The fourth-order valence-corrected chi connectivity index (χ4v) is 1.91. The first-order chi connectivity index (χ1) is 5.65. The zero-order valence-corrected chi connectivity index (χ0v) is 8.63. The number of benzene rings is 1. The van der Waals surface area contributed by atoms with Gasteiger partial charge in [0, 0.05) is 10.5 Å². The maximum absolute atomic E-state index is 9.14. The lowest BCUT2D eigenvalue weighted by Gasteiger charge is -2.04. The summed E-state index contributed by atoms with van der Waals surface area (Å²) in [6.07, 6.45) is 1.97. The SMILES string of the molecule is CSc1cc(C)ccc1C(O)=S. The van der Waals surface area contributed by atoms with Gasteiger partial charge in [-0.2, -0.15) is 0 Å². The molecule has 0 saturated heterocycles. The van der Waals surface area contributed by atoms with Crippen LogP contribution < -0.4 is 0 Å². The highest BCUT2D eigenvalue weighted by Crippen LogP contribution is 2.21. The Morgan fingerprint density at radius 1 is 1.50 bits per heavy atom. The van der Waals surface area contributed by atoms with E-state index in [0.717, 1.165) is 10.5 Å². The Labute approximate surface area is 81.8 Å². The molecular formula is C9H10OS2. The number of hydrogen-bond donors (Lipinski definition) is 1. The highest BCUT2D eigenvalue weighted by Gasteiger charge is 2.04. The summed E-state index contributed by atoms with van der Waals surface area (Å²) in [7, 11) is 0. The molecule has 0 fully saturated rings. The molecule has 3 heteroatoms. The Hall–Kier alpha value is -0.540. The van der Waals surface area contributed by atoms with Gasteiger partial charge in [0.05, 0.1) is 0 Å². The van der Waals surface area contributed by atoms with E-state index in [-0.39, 0.29) is 5.05 Å². The summed E-state index contributed by atoms with van der Waals surface area (Å²) in [4.78, 5) is 1.03. The molecule has 0 aliphatic heterocycles. The summed E-state index contributed by atoms with van der Waals surface area (Å²) in [5.41, 5.74) is 1.93. The first kappa shape index (κ1) is 9.55. The minimum atomic E-state index is -0.0284. The second kappa shape index (κ2) is 3.92. The van der Waals surface area contributed by atoms with Crippen LogP contribution in [0.1, 0.15) is 11.1 Å². The van der Waals surface area contributed by atoms with Crippen LogP contribution in [-0.4, -0.2) is 16.4 Å². The van der Waals surface area contributed by atoms with Gasteiger partial charge in [0.15, 0.2) is 5.05 Å². The molecule has 0 atom stereocenters. The van der Waals surface area contributed by atoms with Crippen molar-refractivity contribution in [2.75, 3.05) is 6.26 Å². The molecule has 0 bridgehead atoms. The molecule has 0 amide bonds. The molecule has 1 N–H and O–H groups in total. The van der Waals surface area contributed by atoms with E-state index in [1.165, 1.54) is 5.56 Å². The van der Waals surface area contributed by atoms with Gasteiger partial charge in [-0.3, -0.25) is 0 Å². The number of thioether (sulfide) groups is 1. The van der Waals surface area contributed by atoms with Crippen molar-refractivity contribution in [3.05, 3.63) is 29.3 Å². The van der Waals surface area contributed by atoms with Crippen LogP contribution in [0.2, 0.25) is 0 Å². The predicted molar refractivity (Wildman–Crippen MR) is 57.3 cm³/mol. The lowest BCUT2D eigenvalue weighted by Crippen LogP contribution is -1.96. The van der Waals surface area contributed by atoms with Crippen LogP contribution in [0.15, 0.2) is 23.1 Å². The highest BCUT2D eigenvalue weighted by atomic mass is 32.2. The van der Waals surface area contributed by atoms with Crippen molar-refractivity contribution in [1.29, 1.82) is 0 Å². The quantitative estimate of drug-likeness (QED) is 0.583. The van der Waals surface area contributed by atoms with Crippen LogP contribution in [0.25, 0.3) is 0 Å². The Bertz CT molecular complexity index is 307. The van der Waals surface area contributed by atoms with Gasteiger partial charge in [0.2, 0.25) is 0 Å². The second-order valence-electron chi connectivity index (χ2n) is 2.51. The number of thiocarbonyl (C=S) groups is 1. The van der Waals surface area contributed by atoms with Gasteiger partial charge < -0.3 is 5.11 Å². The third-order valence-corrected chi connectivity index (χ3v) is 2.58. The normalized spacial score (nSPS) is 9.83. The van der Waals surface area contributed by atoms with Gasteiger partial charge >= 0.3 is 0 Å². The fourth-order valence-electron chi connectivity index (χ4n) is 0.975. The zero-order valence-electron chi connectivity index (χ0n) is 7.00. The number of aliphatic hydroxyl groups excluding tert-OH is 1. The van der Waals surface area contributed by atoms with Gasteiger partial charge in [-0.05, 0) is 43.1 Å². The van der Waals surface area contributed by atoms with Gasteiger partial charge in [-0.25, -0.2) is 0 Å². The first-order valence-corrected chi connectivity index (χ1v) is 5.16. The molecule has 1 aromatic carbocycles. The van der Waals surface area contributed by atoms with Crippen LogP contribution >= 0.6 is 24.0 Å². The molecule has 0 aliphatic rings. The Balaban J connectivity index is 3.20. The van der Waals surface area contributed by atoms with E-state index in [4.69, 9.17) is 17.3 Å². The van der Waals surface area contributed by atoms with E-state index in [2.05, 4.69) is 0 Å². The molecule has 12 heavy (non-hydrogen) atoms. The highest BCUT2D eigenvalue weighted by molar-refractivity contribution is 7.98. The molecule has 0 aromatic heterocycles. The number of hydrogen-bond acceptors (Lipinski definition) is 2. The summed E-state index contributed by atoms with van der Waals surface area (Å²) in [5, 5.41) is 9.12. The van der Waals surface area contributed by atoms with E-state index < -0.39 is 0 Å². The number of rotatable bonds is 2. The van der Waals surface area contributed by atoms with Crippen LogP contribution in [0.5, 0.6) is 0 Å². The minimum Gasteiger partial charge on any atom is -0.498 e. The summed E-state index contributed by atoms with van der Waals surface area (Å²) < 4.78 is 0. The molecule has 0 unspecified atom stereocenters. The Kier molecular flexibility index (Phi) is 3.12. The molecule has 0 heterocycles. The van der Waals surface area contributed by atoms with Crippen LogP contribution in [-0.2, 0) is 0 Å². The molecule has 1 aromatic rings. The van der Waals surface area contributed by atoms with Crippen molar-refractivity contribution in [2.24, 2.45) is 0 Å². The average molecular weight is 198 g/mol. The lowest BCUT2D eigenvalue weighted by molar-refractivity contribution is 0.569. The van der Waals surface area contributed by atoms with Crippen molar-refractivity contribution < 1.29 is 5.11 Å². The van der Waals surface area contributed by atoms with E-state index in [0.29, 0.717) is 0 Å². The van der Waals surface area contributed by atoms with E-state index >= 15 is 0 Å². The van der Waals surface area contributed by atoms with Crippen LogP contribution in [0, 0.1) is 6.92 Å². The van der Waals surface area contributed by atoms with Crippen molar-refractivity contribution >= 4 is 29.0 Å². The minimum absolute atomic E-state index is 0.0284. The van der Waals surface area contributed by atoms with Crippen LogP contribution in [0.3, 0.4) is 0 Å². The monoisotopic (exact) mass is 198 g/mol. The van der Waals surface area contributed by atoms with Crippen molar-refractivity contribution in [3.8, 4) is 0 Å². The smallest absolute Gasteiger partial charge is 0.189 e. The molecule has 1 rings (SSSR count).